The Balaban J connectivity index is 1.45. The van der Waals surface area contributed by atoms with Gasteiger partial charge in [0.05, 0.1) is 25.4 Å². The average Bonchev–Trinajstić information content (AvgIpc) is 3.39. The molecule has 8 nitrogen and oxygen atoms in total. The van der Waals surface area contributed by atoms with Gasteiger partial charge in [-0.15, -0.1) is 0 Å². The summed E-state index contributed by atoms with van der Waals surface area (Å²) in [5.74, 6) is 0.224. The maximum absolute atomic E-state index is 13.9. The first-order valence-electron chi connectivity index (χ1n) is 12.1. The molecular weight excluding hydrogens is 485 g/mol. The van der Waals surface area contributed by atoms with Crippen LogP contribution in [0.2, 0.25) is 0 Å². The number of aromatic nitrogens is 2. The van der Waals surface area contributed by atoms with Crippen molar-refractivity contribution in [3.8, 4) is 5.75 Å². The van der Waals surface area contributed by atoms with Crippen LogP contribution in [0.4, 0.5) is 36.3 Å². The standard InChI is InChI=1S/C26H29F3N6O2/c1-33-11-13-34(14-12-33)19-8-9-21(23(16-19)36-2)31-25-30-17-20(26(27,28)29)24(32-25)35-22(10-15-37-35)18-6-4-3-5-7-18/h3-9,16-17,22H,10-15H2,1-2H3,(H,30,31,32)/t22-/m0/s1. The number of alkyl halides is 3. The number of benzene rings is 2. The molecule has 1 N–H and O–H groups in total. The van der Waals surface area contributed by atoms with Gasteiger partial charge in [-0.05, 0) is 24.7 Å². The van der Waals surface area contributed by atoms with E-state index in [9.17, 15) is 13.2 Å². The largest absolute Gasteiger partial charge is 0.494 e. The lowest BCUT2D eigenvalue weighted by Gasteiger charge is -2.34. The summed E-state index contributed by atoms with van der Waals surface area (Å²) in [6.45, 7) is 4.01. The minimum atomic E-state index is -4.65. The summed E-state index contributed by atoms with van der Waals surface area (Å²) in [5.41, 5.74) is 1.45. The van der Waals surface area contributed by atoms with Crippen molar-refractivity contribution in [2.45, 2.75) is 18.6 Å². The zero-order valence-electron chi connectivity index (χ0n) is 20.7. The molecule has 5 rings (SSSR count). The van der Waals surface area contributed by atoms with Gasteiger partial charge in [0.1, 0.15) is 11.3 Å². The Morgan fingerprint density at radius 3 is 2.51 bits per heavy atom. The molecule has 0 saturated carbocycles. The summed E-state index contributed by atoms with van der Waals surface area (Å²) < 4.78 is 47.4. The number of nitrogens with one attached hydrogen (secondary N) is 1. The maximum Gasteiger partial charge on any atom is 0.421 e. The van der Waals surface area contributed by atoms with E-state index in [1.807, 2.05) is 48.5 Å². The summed E-state index contributed by atoms with van der Waals surface area (Å²) in [6.07, 6.45) is -3.32. The number of likely N-dealkylation sites (N-methyl/N-ethyl adjacent to an activating group) is 1. The fourth-order valence-corrected chi connectivity index (χ4v) is 4.62. The van der Waals surface area contributed by atoms with Gasteiger partial charge in [-0.2, -0.15) is 18.2 Å². The molecule has 0 unspecified atom stereocenters. The number of ether oxygens (including phenoxy) is 1. The van der Waals surface area contributed by atoms with Crippen molar-refractivity contribution in [3.63, 3.8) is 0 Å². The lowest BCUT2D eigenvalue weighted by Crippen LogP contribution is -2.44. The Morgan fingerprint density at radius 1 is 1.05 bits per heavy atom. The van der Waals surface area contributed by atoms with Crippen LogP contribution in [-0.2, 0) is 11.0 Å². The molecule has 3 heterocycles. The zero-order valence-corrected chi connectivity index (χ0v) is 20.7. The van der Waals surface area contributed by atoms with Gasteiger partial charge >= 0.3 is 6.18 Å². The number of piperazine rings is 1. The molecule has 37 heavy (non-hydrogen) atoms. The third-order valence-electron chi connectivity index (χ3n) is 6.67. The quantitative estimate of drug-likeness (QED) is 0.499. The van der Waals surface area contributed by atoms with Crippen molar-refractivity contribution in [1.29, 1.82) is 0 Å². The second-order valence-electron chi connectivity index (χ2n) is 9.10. The molecule has 1 aromatic heterocycles. The third kappa shape index (κ3) is 5.42. The van der Waals surface area contributed by atoms with Gasteiger partial charge in [-0.1, -0.05) is 30.3 Å². The lowest BCUT2D eigenvalue weighted by molar-refractivity contribution is -0.138. The normalized spacial score (nSPS) is 18.8. The van der Waals surface area contributed by atoms with E-state index in [0.29, 0.717) is 17.9 Å². The molecule has 0 spiro atoms. The van der Waals surface area contributed by atoms with Crippen LogP contribution < -0.4 is 20.0 Å². The molecule has 1 atom stereocenters. The van der Waals surface area contributed by atoms with Crippen molar-refractivity contribution in [3.05, 3.63) is 65.9 Å². The van der Waals surface area contributed by atoms with E-state index in [2.05, 4.69) is 32.1 Å². The van der Waals surface area contributed by atoms with Gasteiger partial charge in [0.15, 0.2) is 5.82 Å². The zero-order chi connectivity index (χ0) is 26.0. The Hall–Kier alpha value is -3.57. The average molecular weight is 515 g/mol. The van der Waals surface area contributed by atoms with Crippen LogP contribution in [0.25, 0.3) is 0 Å². The highest BCUT2D eigenvalue weighted by molar-refractivity contribution is 5.69. The third-order valence-corrected chi connectivity index (χ3v) is 6.67. The van der Waals surface area contributed by atoms with E-state index in [1.54, 1.807) is 7.11 Å². The van der Waals surface area contributed by atoms with E-state index >= 15 is 0 Å². The van der Waals surface area contributed by atoms with Crippen molar-refractivity contribution < 1.29 is 22.7 Å². The molecule has 196 valence electrons. The fourth-order valence-electron chi connectivity index (χ4n) is 4.62. The van der Waals surface area contributed by atoms with Crippen LogP contribution in [0, 0.1) is 0 Å². The number of hydroxylamine groups is 1. The van der Waals surface area contributed by atoms with Crippen LogP contribution in [-0.4, -0.2) is 61.8 Å². The first-order valence-corrected chi connectivity index (χ1v) is 12.1. The minimum absolute atomic E-state index is 0.0101. The Labute approximate surface area is 213 Å². The van der Waals surface area contributed by atoms with Crippen molar-refractivity contribution in [2.24, 2.45) is 0 Å². The number of anilines is 4. The van der Waals surface area contributed by atoms with E-state index in [-0.39, 0.29) is 18.4 Å². The Kier molecular flexibility index (Phi) is 7.07. The second-order valence-corrected chi connectivity index (χ2v) is 9.10. The van der Waals surface area contributed by atoms with E-state index in [0.717, 1.165) is 43.6 Å². The molecule has 2 aliphatic rings. The van der Waals surface area contributed by atoms with Gasteiger partial charge in [-0.3, -0.25) is 4.84 Å². The molecule has 0 radical (unpaired) electrons. The van der Waals surface area contributed by atoms with Crippen LogP contribution in [0.3, 0.4) is 0 Å². The van der Waals surface area contributed by atoms with Gasteiger partial charge in [0.2, 0.25) is 5.95 Å². The molecule has 0 bridgehead atoms. The topological polar surface area (TPSA) is 66.0 Å². The molecule has 2 saturated heterocycles. The summed E-state index contributed by atoms with van der Waals surface area (Å²) in [5, 5.41) is 4.28. The number of methoxy groups -OCH3 is 1. The second kappa shape index (κ2) is 10.4. The predicted molar refractivity (Wildman–Crippen MR) is 135 cm³/mol. The summed E-state index contributed by atoms with van der Waals surface area (Å²) in [4.78, 5) is 18.5. The molecule has 2 aromatic carbocycles. The minimum Gasteiger partial charge on any atom is -0.494 e. The van der Waals surface area contributed by atoms with Crippen LogP contribution in [0.15, 0.2) is 54.7 Å². The molecule has 0 amide bonds. The highest BCUT2D eigenvalue weighted by atomic mass is 19.4. The van der Waals surface area contributed by atoms with E-state index in [4.69, 9.17) is 9.57 Å². The molecule has 3 aromatic rings. The number of nitrogens with zero attached hydrogens (tertiary/aromatic N) is 5. The number of hydrogen-bond acceptors (Lipinski definition) is 8. The Morgan fingerprint density at radius 2 is 1.81 bits per heavy atom. The van der Waals surface area contributed by atoms with E-state index < -0.39 is 17.8 Å². The fraction of sp³-hybridized carbons (Fsp3) is 0.385. The molecule has 0 aliphatic carbocycles. The van der Waals surface area contributed by atoms with Crippen molar-refractivity contribution in [2.75, 3.05) is 62.2 Å². The predicted octanol–water partition coefficient (Wildman–Crippen LogP) is 4.88. The Bertz CT molecular complexity index is 1220. The summed E-state index contributed by atoms with van der Waals surface area (Å²) in [6, 6.07) is 14.6. The van der Waals surface area contributed by atoms with Crippen molar-refractivity contribution in [1.82, 2.24) is 14.9 Å². The van der Waals surface area contributed by atoms with Gasteiger partial charge in [0.25, 0.3) is 0 Å². The smallest absolute Gasteiger partial charge is 0.421 e. The summed E-state index contributed by atoms with van der Waals surface area (Å²) >= 11 is 0. The first-order chi connectivity index (χ1) is 17.8. The molecule has 2 fully saturated rings. The van der Waals surface area contributed by atoms with Gasteiger partial charge in [-0.25, -0.2) is 10.0 Å². The lowest BCUT2D eigenvalue weighted by atomic mass is 10.0. The van der Waals surface area contributed by atoms with Crippen LogP contribution in [0.5, 0.6) is 5.75 Å². The van der Waals surface area contributed by atoms with Crippen LogP contribution in [0.1, 0.15) is 23.6 Å². The SMILES string of the molecule is COc1cc(N2CCN(C)CC2)ccc1Nc1ncc(C(F)(F)F)c(N2OCC[C@H]2c2ccccc2)n1. The highest BCUT2D eigenvalue weighted by Gasteiger charge is 2.40. The number of rotatable bonds is 6. The molecular formula is C26H29F3N6O2. The first kappa shape index (κ1) is 25.1. The highest BCUT2D eigenvalue weighted by Crippen LogP contribution is 2.42. The van der Waals surface area contributed by atoms with Gasteiger partial charge in [0, 0.05) is 50.6 Å². The van der Waals surface area contributed by atoms with Crippen molar-refractivity contribution >= 4 is 23.1 Å². The van der Waals surface area contributed by atoms with E-state index in [1.165, 1.54) is 5.06 Å². The van der Waals surface area contributed by atoms with Gasteiger partial charge < -0.3 is 19.9 Å². The number of halogens is 3. The molecule has 2 aliphatic heterocycles. The molecule has 11 heteroatoms. The maximum atomic E-state index is 13.9. The monoisotopic (exact) mass is 514 g/mol. The van der Waals surface area contributed by atoms with Crippen LogP contribution >= 0.6 is 0 Å². The summed E-state index contributed by atoms with van der Waals surface area (Å²) in [7, 11) is 3.65. The number of hydrogen-bond donors (Lipinski definition) is 1.